The molecule has 1 amide bonds. The van der Waals surface area contributed by atoms with Crippen LogP contribution in [0, 0.1) is 5.92 Å². The van der Waals surface area contributed by atoms with E-state index in [0.717, 1.165) is 11.3 Å². The minimum absolute atomic E-state index is 0.104. The van der Waals surface area contributed by atoms with Crippen molar-refractivity contribution in [1.82, 2.24) is 15.1 Å². The number of carbonyl (C=O) groups excluding carboxylic acids is 1. The van der Waals surface area contributed by atoms with Gasteiger partial charge in [0.2, 0.25) is 5.91 Å². The number of hydrogen-bond acceptors (Lipinski definition) is 3. The van der Waals surface area contributed by atoms with Gasteiger partial charge in [-0.3, -0.25) is 4.79 Å². The largest absolute Gasteiger partial charge is 0.480 e. The third-order valence-corrected chi connectivity index (χ3v) is 3.82. The first-order valence-electron chi connectivity index (χ1n) is 7.62. The zero-order valence-electron chi connectivity index (χ0n) is 13.3. The molecule has 1 heterocycles. The zero-order valence-corrected chi connectivity index (χ0v) is 13.3. The lowest BCUT2D eigenvalue weighted by molar-refractivity contribution is -0.143. The van der Waals surface area contributed by atoms with Gasteiger partial charge in [-0.25, -0.2) is 9.48 Å². The molecule has 0 bridgehead atoms. The van der Waals surface area contributed by atoms with Crippen molar-refractivity contribution >= 4 is 11.9 Å². The Morgan fingerprint density at radius 3 is 2.61 bits per heavy atom. The number of carbonyl (C=O) groups is 2. The van der Waals surface area contributed by atoms with Gasteiger partial charge in [-0.05, 0) is 23.6 Å². The van der Waals surface area contributed by atoms with E-state index in [4.69, 9.17) is 0 Å². The molecule has 122 valence electrons. The molecule has 2 atom stereocenters. The Balaban J connectivity index is 2.01. The molecule has 0 saturated carbocycles. The fourth-order valence-corrected chi connectivity index (χ4v) is 2.27. The summed E-state index contributed by atoms with van der Waals surface area (Å²) in [6, 6.07) is 8.71. The predicted molar refractivity (Wildman–Crippen MR) is 86.3 cm³/mol. The summed E-state index contributed by atoms with van der Waals surface area (Å²) in [5, 5.41) is 16.0. The van der Waals surface area contributed by atoms with Gasteiger partial charge in [-0.1, -0.05) is 38.5 Å². The van der Waals surface area contributed by atoms with Crippen LogP contribution in [0.25, 0.3) is 5.69 Å². The van der Waals surface area contributed by atoms with Crippen LogP contribution in [0.5, 0.6) is 0 Å². The van der Waals surface area contributed by atoms with E-state index >= 15 is 0 Å². The van der Waals surface area contributed by atoms with Crippen LogP contribution in [0.4, 0.5) is 0 Å². The average Bonchev–Trinajstić information content (AvgIpc) is 3.01. The van der Waals surface area contributed by atoms with Crippen LogP contribution in [-0.2, 0) is 16.0 Å². The number of rotatable bonds is 7. The highest BCUT2D eigenvalue weighted by Crippen LogP contribution is 2.10. The SMILES string of the molecule is CC[C@H](C)[C@H](NC(=O)Cc1cnn(-c2ccccc2)c1)C(=O)O. The lowest BCUT2D eigenvalue weighted by atomic mass is 9.99. The Morgan fingerprint density at radius 1 is 1.30 bits per heavy atom. The van der Waals surface area contributed by atoms with E-state index in [1.165, 1.54) is 0 Å². The van der Waals surface area contributed by atoms with E-state index in [0.29, 0.717) is 6.42 Å². The van der Waals surface area contributed by atoms with Gasteiger partial charge in [0, 0.05) is 6.20 Å². The summed E-state index contributed by atoms with van der Waals surface area (Å²) < 4.78 is 1.69. The molecule has 2 rings (SSSR count). The van der Waals surface area contributed by atoms with Crippen molar-refractivity contribution < 1.29 is 14.7 Å². The maximum Gasteiger partial charge on any atom is 0.326 e. The van der Waals surface area contributed by atoms with Gasteiger partial charge in [0.25, 0.3) is 0 Å². The van der Waals surface area contributed by atoms with Crippen LogP contribution in [0.15, 0.2) is 42.7 Å². The second-order valence-corrected chi connectivity index (χ2v) is 5.57. The van der Waals surface area contributed by atoms with E-state index in [9.17, 15) is 14.7 Å². The number of aromatic nitrogens is 2. The first-order chi connectivity index (χ1) is 11.0. The summed E-state index contributed by atoms with van der Waals surface area (Å²) in [4.78, 5) is 23.3. The molecule has 2 aromatic rings. The molecular weight excluding hydrogens is 294 g/mol. The molecule has 0 radical (unpaired) electrons. The van der Waals surface area contributed by atoms with Gasteiger partial charge in [-0.15, -0.1) is 0 Å². The standard InChI is InChI=1S/C17H21N3O3/c1-3-12(2)16(17(22)23)19-15(21)9-13-10-18-20(11-13)14-7-5-4-6-8-14/h4-8,10-12,16H,3,9H2,1-2H3,(H,19,21)(H,22,23)/t12-,16-/m0/s1. The molecule has 23 heavy (non-hydrogen) atoms. The molecule has 0 saturated heterocycles. The first kappa shape index (κ1) is 16.7. The number of nitrogens with one attached hydrogen (secondary N) is 1. The van der Waals surface area contributed by atoms with Gasteiger partial charge < -0.3 is 10.4 Å². The van der Waals surface area contributed by atoms with Crippen molar-refractivity contribution in [3.05, 3.63) is 48.3 Å². The summed E-state index contributed by atoms with van der Waals surface area (Å²) >= 11 is 0. The molecule has 6 nitrogen and oxygen atoms in total. The Kier molecular flexibility index (Phi) is 5.51. The maximum absolute atomic E-state index is 12.1. The molecule has 6 heteroatoms. The minimum Gasteiger partial charge on any atom is -0.480 e. The van der Waals surface area contributed by atoms with Gasteiger partial charge in [0.05, 0.1) is 18.3 Å². The van der Waals surface area contributed by atoms with Gasteiger partial charge in [0.1, 0.15) is 6.04 Å². The first-order valence-corrected chi connectivity index (χ1v) is 7.62. The second kappa shape index (κ2) is 7.58. The van der Waals surface area contributed by atoms with E-state index in [1.54, 1.807) is 17.1 Å². The van der Waals surface area contributed by atoms with Crippen LogP contribution >= 0.6 is 0 Å². The van der Waals surface area contributed by atoms with Crippen molar-refractivity contribution in [1.29, 1.82) is 0 Å². The average molecular weight is 315 g/mol. The van der Waals surface area contributed by atoms with Crippen molar-refractivity contribution in [2.45, 2.75) is 32.7 Å². The van der Waals surface area contributed by atoms with Crippen molar-refractivity contribution in [3.8, 4) is 5.69 Å². The van der Waals surface area contributed by atoms with Crippen molar-refractivity contribution in [2.75, 3.05) is 0 Å². The molecule has 2 N–H and O–H groups in total. The Morgan fingerprint density at radius 2 is 2.00 bits per heavy atom. The molecule has 0 fully saturated rings. The van der Waals surface area contributed by atoms with Gasteiger partial charge in [0.15, 0.2) is 0 Å². The molecule has 0 aliphatic heterocycles. The summed E-state index contributed by atoms with van der Waals surface area (Å²) in [6.45, 7) is 3.71. The molecular formula is C17H21N3O3. The minimum atomic E-state index is -1.01. The third kappa shape index (κ3) is 4.42. The predicted octanol–water partition coefficient (Wildman–Crippen LogP) is 2.03. The van der Waals surface area contributed by atoms with Crippen LogP contribution in [0.3, 0.4) is 0 Å². The van der Waals surface area contributed by atoms with Crippen molar-refractivity contribution in [3.63, 3.8) is 0 Å². The third-order valence-electron chi connectivity index (χ3n) is 3.82. The molecule has 0 aliphatic rings. The summed E-state index contributed by atoms with van der Waals surface area (Å²) in [5.41, 5.74) is 1.64. The van der Waals surface area contributed by atoms with Crippen LogP contribution < -0.4 is 5.32 Å². The highest BCUT2D eigenvalue weighted by Gasteiger charge is 2.25. The smallest absolute Gasteiger partial charge is 0.326 e. The van der Waals surface area contributed by atoms with E-state index in [2.05, 4.69) is 10.4 Å². The summed E-state index contributed by atoms with van der Waals surface area (Å²) in [7, 11) is 0. The fourth-order valence-electron chi connectivity index (χ4n) is 2.27. The maximum atomic E-state index is 12.1. The molecule has 1 aromatic carbocycles. The highest BCUT2D eigenvalue weighted by atomic mass is 16.4. The van der Waals surface area contributed by atoms with Crippen LogP contribution in [-0.4, -0.2) is 32.8 Å². The summed E-state index contributed by atoms with van der Waals surface area (Å²) in [6.07, 6.45) is 4.18. The molecule has 0 aliphatic carbocycles. The van der Waals surface area contributed by atoms with Gasteiger partial charge in [-0.2, -0.15) is 5.10 Å². The lowest BCUT2D eigenvalue weighted by Gasteiger charge is -2.19. The quantitative estimate of drug-likeness (QED) is 0.819. The van der Waals surface area contributed by atoms with Crippen LogP contribution in [0.1, 0.15) is 25.8 Å². The number of carboxylic acids is 1. The van der Waals surface area contributed by atoms with Crippen LogP contribution in [0.2, 0.25) is 0 Å². The Hall–Kier alpha value is -2.63. The zero-order chi connectivity index (χ0) is 16.8. The number of para-hydroxylation sites is 1. The number of amides is 1. The fraction of sp³-hybridized carbons (Fsp3) is 0.353. The Labute approximate surface area is 135 Å². The normalized spacial score (nSPS) is 13.3. The van der Waals surface area contributed by atoms with E-state index in [-0.39, 0.29) is 18.2 Å². The molecule has 0 spiro atoms. The molecule has 1 aromatic heterocycles. The topological polar surface area (TPSA) is 84.2 Å². The number of aliphatic carboxylic acids is 1. The second-order valence-electron chi connectivity index (χ2n) is 5.57. The van der Waals surface area contributed by atoms with Gasteiger partial charge >= 0.3 is 5.97 Å². The lowest BCUT2D eigenvalue weighted by Crippen LogP contribution is -2.45. The molecule has 0 unspecified atom stereocenters. The number of hydrogen-bond donors (Lipinski definition) is 2. The number of benzene rings is 1. The summed E-state index contributed by atoms with van der Waals surface area (Å²) in [5.74, 6) is -1.44. The number of carboxylic acid groups (broad SMARTS) is 1. The van der Waals surface area contributed by atoms with E-state index < -0.39 is 12.0 Å². The van der Waals surface area contributed by atoms with Crippen molar-refractivity contribution in [2.24, 2.45) is 5.92 Å². The van der Waals surface area contributed by atoms with E-state index in [1.807, 2.05) is 44.2 Å². The number of nitrogens with zero attached hydrogens (tertiary/aromatic N) is 2. The monoisotopic (exact) mass is 315 g/mol. The Bertz CT molecular complexity index is 667. The highest BCUT2D eigenvalue weighted by molar-refractivity contribution is 5.84.